The molecule has 1 aromatic carbocycles. The number of fused-ring (bicyclic) bond motifs is 1. The van der Waals surface area contributed by atoms with Crippen LogP contribution in [0.2, 0.25) is 0 Å². The topological polar surface area (TPSA) is 129 Å². The molecule has 4 aromatic rings. The standard InChI is InChI=1S/C15H12FN3O2.C6H12.C5H4F3N3O/c1-19-4-3-9-5-11(12(16)6-10(9)15(19)20)13-7-18-14(21-2)8-17-13;1-2-4-6-5-3-1;6-5(7,8)3-2(9)1-10-11-4(3)12/h3-8H,1-2H3;1-6H2;1H,(H3,9,11,12). The molecule has 0 spiro atoms. The number of nitrogen functional groups attached to an aromatic ring is 1. The molecule has 1 saturated carbocycles. The largest absolute Gasteiger partial charge is 0.480 e. The fourth-order valence-corrected chi connectivity index (χ4v) is 3.88. The molecule has 0 amide bonds. The number of pyridine rings is 1. The molecular formula is C26H28F4N6O3. The van der Waals surface area contributed by atoms with Crippen molar-refractivity contribution in [2.75, 3.05) is 12.8 Å². The molecule has 3 heterocycles. The van der Waals surface area contributed by atoms with Gasteiger partial charge in [0.1, 0.15) is 11.4 Å². The Bertz CT molecular complexity index is 1500. The molecule has 0 unspecified atom stereocenters. The van der Waals surface area contributed by atoms with Gasteiger partial charge in [-0.05, 0) is 23.6 Å². The van der Waals surface area contributed by atoms with E-state index >= 15 is 0 Å². The Morgan fingerprint density at radius 3 is 2.13 bits per heavy atom. The minimum Gasteiger partial charge on any atom is -0.480 e. The Balaban J connectivity index is 0.000000195. The Kier molecular flexibility index (Phi) is 9.74. The van der Waals surface area contributed by atoms with Crippen molar-refractivity contribution in [1.29, 1.82) is 0 Å². The average molecular weight is 549 g/mol. The molecule has 5 rings (SSSR count). The van der Waals surface area contributed by atoms with Crippen LogP contribution in [0, 0.1) is 5.82 Å². The maximum Gasteiger partial charge on any atom is 0.423 e. The summed E-state index contributed by atoms with van der Waals surface area (Å²) in [5.41, 5.74) is 1.94. The lowest BCUT2D eigenvalue weighted by Gasteiger charge is -2.07. The van der Waals surface area contributed by atoms with Gasteiger partial charge in [0, 0.05) is 18.8 Å². The van der Waals surface area contributed by atoms with Gasteiger partial charge in [0.15, 0.2) is 0 Å². The SMILES string of the molecule is C1CCCCC1.COc1cnc(-c2cc3ccn(C)c(=O)c3cc2F)cn1.Nc1cn[nH]c(=O)c1C(F)(F)F. The van der Waals surface area contributed by atoms with Crippen molar-refractivity contribution >= 4 is 16.5 Å². The number of nitrogens with two attached hydrogens (primary N) is 1. The first kappa shape index (κ1) is 29.3. The van der Waals surface area contributed by atoms with Crippen LogP contribution in [0.25, 0.3) is 22.0 Å². The smallest absolute Gasteiger partial charge is 0.423 e. The highest BCUT2D eigenvalue weighted by atomic mass is 19.4. The predicted octanol–water partition coefficient (Wildman–Crippen LogP) is 4.85. The van der Waals surface area contributed by atoms with E-state index in [1.54, 1.807) is 30.5 Å². The lowest BCUT2D eigenvalue weighted by molar-refractivity contribution is -0.138. The number of anilines is 1. The van der Waals surface area contributed by atoms with Crippen LogP contribution in [0.3, 0.4) is 0 Å². The van der Waals surface area contributed by atoms with E-state index in [0.29, 0.717) is 27.9 Å². The van der Waals surface area contributed by atoms with Crippen LogP contribution >= 0.6 is 0 Å². The number of rotatable bonds is 2. The molecule has 3 aromatic heterocycles. The van der Waals surface area contributed by atoms with Gasteiger partial charge in [-0.25, -0.2) is 19.5 Å². The van der Waals surface area contributed by atoms with Crippen LogP contribution in [-0.2, 0) is 13.2 Å². The average Bonchev–Trinajstić information content (AvgIpc) is 2.92. The van der Waals surface area contributed by atoms with E-state index in [2.05, 4.69) is 15.1 Å². The Hall–Kier alpha value is -4.29. The van der Waals surface area contributed by atoms with Gasteiger partial charge in [-0.2, -0.15) is 18.3 Å². The fourth-order valence-electron chi connectivity index (χ4n) is 3.88. The normalized spacial score (nSPS) is 13.1. The monoisotopic (exact) mass is 548 g/mol. The van der Waals surface area contributed by atoms with Gasteiger partial charge in [0.05, 0.1) is 42.5 Å². The number of halogens is 4. The summed E-state index contributed by atoms with van der Waals surface area (Å²) in [5, 5.41) is 5.73. The van der Waals surface area contributed by atoms with E-state index in [9.17, 15) is 27.2 Å². The molecule has 0 atom stereocenters. The molecule has 1 aliphatic carbocycles. The molecule has 13 heteroatoms. The van der Waals surface area contributed by atoms with Crippen molar-refractivity contribution in [3.63, 3.8) is 0 Å². The number of hydrogen-bond donors (Lipinski definition) is 2. The quantitative estimate of drug-likeness (QED) is 0.343. The summed E-state index contributed by atoms with van der Waals surface area (Å²) in [6.45, 7) is 0. The van der Waals surface area contributed by atoms with Crippen molar-refractivity contribution in [3.05, 3.63) is 75.1 Å². The van der Waals surface area contributed by atoms with E-state index in [1.165, 1.54) is 68.7 Å². The van der Waals surface area contributed by atoms with Crippen molar-refractivity contribution in [2.45, 2.75) is 44.7 Å². The van der Waals surface area contributed by atoms with Crippen LogP contribution in [0.15, 0.2) is 52.6 Å². The van der Waals surface area contributed by atoms with Crippen LogP contribution in [0.4, 0.5) is 23.2 Å². The molecule has 208 valence electrons. The lowest BCUT2D eigenvalue weighted by atomic mass is 10.0. The summed E-state index contributed by atoms with van der Waals surface area (Å²) in [6.07, 6.45) is 9.50. The van der Waals surface area contributed by atoms with E-state index in [1.807, 2.05) is 0 Å². The fraction of sp³-hybridized carbons (Fsp3) is 0.346. The van der Waals surface area contributed by atoms with Crippen LogP contribution in [-0.4, -0.2) is 31.8 Å². The maximum atomic E-state index is 14.3. The highest BCUT2D eigenvalue weighted by molar-refractivity contribution is 5.86. The van der Waals surface area contributed by atoms with Crippen molar-refractivity contribution in [3.8, 4) is 17.1 Å². The second-order valence-electron chi connectivity index (χ2n) is 8.74. The number of aryl methyl sites for hydroxylation is 1. The van der Waals surface area contributed by atoms with Crippen molar-refractivity contribution in [2.24, 2.45) is 7.05 Å². The van der Waals surface area contributed by atoms with Crippen molar-refractivity contribution < 1.29 is 22.3 Å². The van der Waals surface area contributed by atoms with Gasteiger partial charge in [0.25, 0.3) is 11.1 Å². The van der Waals surface area contributed by atoms with Crippen LogP contribution in [0.1, 0.15) is 44.1 Å². The maximum absolute atomic E-state index is 14.3. The number of aromatic amines is 1. The van der Waals surface area contributed by atoms with E-state index in [0.717, 1.165) is 6.20 Å². The predicted molar refractivity (Wildman–Crippen MR) is 139 cm³/mol. The minimum atomic E-state index is -4.74. The second kappa shape index (κ2) is 13.0. The zero-order valence-electron chi connectivity index (χ0n) is 21.4. The first-order valence-corrected chi connectivity index (χ1v) is 12.1. The number of ether oxygens (including phenoxy) is 1. The molecule has 0 radical (unpaired) electrons. The zero-order chi connectivity index (χ0) is 28.6. The Morgan fingerprint density at radius 2 is 1.64 bits per heavy atom. The third kappa shape index (κ3) is 7.62. The molecule has 1 aliphatic rings. The first-order valence-electron chi connectivity index (χ1n) is 12.1. The summed E-state index contributed by atoms with van der Waals surface area (Å²) >= 11 is 0. The van der Waals surface area contributed by atoms with Gasteiger partial charge < -0.3 is 15.0 Å². The van der Waals surface area contributed by atoms with Crippen LogP contribution in [0.5, 0.6) is 5.88 Å². The van der Waals surface area contributed by atoms with E-state index < -0.39 is 28.8 Å². The third-order valence-electron chi connectivity index (χ3n) is 5.95. The first-order chi connectivity index (χ1) is 18.5. The number of nitrogens with zero attached hydrogens (tertiary/aromatic N) is 4. The number of alkyl halides is 3. The molecule has 0 aliphatic heterocycles. The van der Waals surface area contributed by atoms with Gasteiger partial charge in [-0.15, -0.1) is 0 Å². The van der Waals surface area contributed by atoms with E-state index in [-0.39, 0.29) is 5.56 Å². The van der Waals surface area contributed by atoms with Crippen molar-refractivity contribution in [1.82, 2.24) is 24.7 Å². The molecule has 39 heavy (non-hydrogen) atoms. The molecule has 9 nitrogen and oxygen atoms in total. The van der Waals surface area contributed by atoms with Gasteiger partial charge in [-0.1, -0.05) is 38.5 Å². The molecule has 0 saturated heterocycles. The number of benzene rings is 1. The molecule has 1 fully saturated rings. The highest BCUT2D eigenvalue weighted by Crippen LogP contribution is 2.29. The van der Waals surface area contributed by atoms with E-state index in [4.69, 9.17) is 10.5 Å². The second-order valence-corrected chi connectivity index (χ2v) is 8.74. The summed E-state index contributed by atoms with van der Waals surface area (Å²) in [6, 6.07) is 4.60. The Morgan fingerprint density at radius 1 is 1.00 bits per heavy atom. The minimum absolute atomic E-state index is 0.237. The number of methoxy groups -OCH3 is 1. The number of aromatic nitrogens is 5. The highest BCUT2D eigenvalue weighted by Gasteiger charge is 2.36. The number of H-pyrrole nitrogens is 1. The summed E-state index contributed by atoms with van der Waals surface area (Å²) in [5.74, 6) is -0.154. The summed E-state index contributed by atoms with van der Waals surface area (Å²) in [7, 11) is 3.11. The summed E-state index contributed by atoms with van der Waals surface area (Å²) in [4.78, 5) is 30.7. The van der Waals surface area contributed by atoms with Gasteiger partial charge in [0.2, 0.25) is 5.88 Å². The molecule has 0 bridgehead atoms. The Labute approximate surface area is 220 Å². The zero-order valence-corrected chi connectivity index (χ0v) is 21.4. The molecular weight excluding hydrogens is 520 g/mol. The number of hydrogen-bond acceptors (Lipinski definition) is 7. The third-order valence-corrected chi connectivity index (χ3v) is 5.95. The van der Waals surface area contributed by atoms with Crippen LogP contribution < -0.4 is 21.6 Å². The van der Waals surface area contributed by atoms with Gasteiger partial charge >= 0.3 is 6.18 Å². The van der Waals surface area contributed by atoms with Gasteiger partial charge in [-0.3, -0.25) is 9.59 Å². The lowest BCUT2D eigenvalue weighted by Crippen LogP contribution is -2.24. The number of nitrogens with one attached hydrogen (secondary N) is 1. The summed E-state index contributed by atoms with van der Waals surface area (Å²) < 4.78 is 56.5. The molecule has 3 N–H and O–H groups in total.